The maximum Gasteiger partial charge on any atom is 0.341 e. The Kier molecular flexibility index (Phi) is 6.03. The number of hydrogen-bond donors (Lipinski definition) is 3. The number of esters is 1. The Morgan fingerprint density at radius 1 is 1.14 bits per heavy atom. The van der Waals surface area contributed by atoms with Gasteiger partial charge in [-0.1, -0.05) is 18.2 Å². The molecule has 0 saturated heterocycles. The molecule has 0 saturated carbocycles. The number of carbonyl (C=O) groups is 2. The number of nitrogen functional groups attached to an aromatic ring is 1. The first-order chi connectivity index (χ1) is 13.8. The van der Waals surface area contributed by atoms with Gasteiger partial charge in [-0.05, 0) is 31.5 Å². The molecule has 9 nitrogen and oxygen atoms in total. The summed E-state index contributed by atoms with van der Waals surface area (Å²) < 4.78 is 5.37. The van der Waals surface area contributed by atoms with E-state index in [1.807, 2.05) is 37.3 Å². The number of para-hydroxylation sites is 1. The number of aromatic nitrogens is 3. The van der Waals surface area contributed by atoms with E-state index in [0.29, 0.717) is 10.6 Å². The van der Waals surface area contributed by atoms with E-state index in [1.165, 1.54) is 18.3 Å². The Bertz CT molecular complexity index is 1050. The topological polar surface area (TPSA) is 132 Å². The van der Waals surface area contributed by atoms with Crippen molar-refractivity contribution in [1.29, 1.82) is 0 Å². The van der Waals surface area contributed by atoms with Gasteiger partial charge >= 0.3 is 5.97 Å². The quantitative estimate of drug-likeness (QED) is 0.526. The number of nitrogens with zero attached hydrogens (tertiary/aromatic N) is 3. The molecule has 0 atom stereocenters. The van der Waals surface area contributed by atoms with Crippen LogP contribution in [0.2, 0.25) is 0 Å². The lowest BCUT2D eigenvalue weighted by Gasteiger charge is -2.09. The summed E-state index contributed by atoms with van der Waals surface area (Å²) in [7, 11) is 0. The minimum absolute atomic E-state index is 0.00553. The Hall–Kier alpha value is -3.53. The van der Waals surface area contributed by atoms with Crippen LogP contribution in [-0.4, -0.2) is 26.8 Å². The molecule has 0 fully saturated rings. The second-order valence-corrected chi connectivity index (χ2v) is 7.39. The molecule has 3 rings (SSSR count). The van der Waals surface area contributed by atoms with Crippen molar-refractivity contribution < 1.29 is 14.3 Å². The van der Waals surface area contributed by atoms with E-state index in [4.69, 9.17) is 10.5 Å². The maximum absolute atomic E-state index is 12.6. The minimum Gasteiger partial charge on any atom is -0.454 e. The molecule has 4 N–H and O–H groups in total. The maximum atomic E-state index is 12.6. The summed E-state index contributed by atoms with van der Waals surface area (Å²) in [5.41, 5.74) is 7.61. The largest absolute Gasteiger partial charge is 0.454 e. The number of rotatable bonds is 6. The molecule has 2 heterocycles. The summed E-state index contributed by atoms with van der Waals surface area (Å²) in [6, 6.07) is 9.33. The summed E-state index contributed by atoms with van der Waals surface area (Å²) in [5.74, 6) is -0.383. The van der Waals surface area contributed by atoms with Crippen molar-refractivity contribution in [2.75, 3.05) is 16.4 Å². The van der Waals surface area contributed by atoms with E-state index >= 15 is 0 Å². The predicted octanol–water partition coefficient (Wildman–Crippen LogP) is 3.19. The second-order valence-electron chi connectivity index (χ2n) is 6.17. The van der Waals surface area contributed by atoms with Gasteiger partial charge in [0.25, 0.3) is 0 Å². The third kappa shape index (κ3) is 5.05. The smallest absolute Gasteiger partial charge is 0.341 e. The fourth-order valence-electron chi connectivity index (χ4n) is 2.53. The molecule has 0 aliphatic rings. The number of nitrogens with two attached hydrogens (primary N) is 1. The lowest BCUT2D eigenvalue weighted by atomic mass is 10.1. The molecule has 0 aliphatic carbocycles. The van der Waals surface area contributed by atoms with Gasteiger partial charge in [-0.2, -0.15) is 15.0 Å². The Labute approximate surface area is 171 Å². The fraction of sp³-hybridized carbons (Fsp3) is 0.211. The molecule has 0 radical (unpaired) electrons. The summed E-state index contributed by atoms with van der Waals surface area (Å²) in [5, 5.41) is 6.14. The number of anilines is 4. The third-order valence-electron chi connectivity index (χ3n) is 3.94. The molecular formula is C19H20N6O3S. The van der Waals surface area contributed by atoms with E-state index in [0.717, 1.165) is 16.1 Å². The molecule has 150 valence electrons. The molecular weight excluding hydrogens is 392 g/mol. The molecule has 0 bridgehead atoms. The average molecular weight is 412 g/mol. The number of amides is 1. The number of benzene rings is 1. The third-order valence-corrected chi connectivity index (χ3v) is 5.06. The van der Waals surface area contributed by atoms with Gasteiger partial charge in [0.05, 0.1) is 5.56 Å². The van der Waals surface area contributed by atoms with Gasteiger partial charge in [0.1, 0.15) is 5.00 Å². The van der Waals surface area contributed by atoms with Crippen molar-refractivity contribution in [2.24, 2.45) is 0 Å². The Balaban J connectivity index is 1.75. The van der Waals surface area contributed by atoms with Crippen molar-refractivity contribution in [3.05, 3.63) is 52.2 Å². The van der Waals surface area contributed by atoms with Gasteiger partial charge < -0.3 is 21.1 Å². The zero-order valence-electron chi connectivity index (χ0n) is 16.1. The number of aryl methyl sites for hydroxylation is 1. The van der Waals surface area contributed by atoms with Crippen LogP contribution in [0.15, 0.2) is 30.3 Å². The van der Waals surface area contributed by atoms with Gasteiger partial charge in [-0.25, -0.2) is 4.79 Å². The van der Waals surface area contributed by atoms with E-state index in [-0.39, 0.29) is 30.2 Å². The normalized spacial score (nSPS) is 10.4. The standard InChI is InChI=1S/C19H20N6O3S/c1-10-11(2)29-16(21-12(3)26)15(10)17(27)28-9-14-23-18(20)25-19(24-14)22-13-7-5-4-6-8-13/h4-8H,9H2,1-3H3,(H,21,26)(H3,20,22,23,24,25). The first kappa shape index (κ1) is 20.2. The fourth-order valence-corrected chi connectivity index (χ4v) is 3.63. The van der Waals surface area contributed by atoms with Crippen LogP contribution < -0.4 is 16.4 Å². The van der Waals surface area contributed by atoms with E-state index < -0.39 is 5.97 Å². The first-order valence-corrected chi connectivity index (χ1v) is 9.52. The highest BCUT2D eigenvalue weighted by Gasteiger charge is 2.22. The van der Waals surface area contributed by atoms with Crippen molar-refractivity contribution in [3.8, 4) is 0 Å². The number of ether oxygens (including phenoxy) is 1. The molecule has 1 aromatic carbocycles. The summed E-state index contributed by atoms with van der Waals surface area (Å²) >= 11 is 1.32. The first-order valence-electron chi connectivity index (χ1n) is 8.70. The number of carbonyl (C=O) groups excluding carboxylic acids is 2. The predicted molar refractivity (Wildman–Crippen MR) is 111 cm³/mol. The molecule has 29 heavy (non-hydrogen) atoms. The van der Waals surface area contributed by atoms with Crippen LogP contribution in [0.3, 0.4) is 0 Å². The number of thiophene rings is 1. The van der Waals surface area contributed by atoms with Crippen molar-refractivity contribution in [3.63, 3.8) is 0 Å². The van der Waals surface area contributed by atoms with Crippen molar-refractivity contribution >= 4 is 45.8 Å². The number of hydrogen-bond acceptors (Lipinski definition) is 9. The van der Waals surface area contributed by atoms with Gasteiger partial charge in [0.15, 0.2) is 12.4 Å². The van der Waals surface area contributed by atoms with Crippen LogP contribution in [0.25, 0.3) is 0 Å². The van der Waals surface area contributed by atoms with Crippen LogP contribution in [-0.2, 0) is 16.1 Å². The summed E-state index contributed by atoms with van der Waals surface area (Å²) in [4.78, 5) is 37.2. The van der Waals surface area contributed by atoms with E-state index in [9.17, 15) is 9.59 Å². The van der Waals surface area contributed by atoms with Crippen molar-refractivity contribution in [2.45, 2.75) is 27.4 Å². The Morgan fingerprint density at radius 2 is 1.86 bits per heavy atom. The SMILES string of the molecule is CC(=O)Nc1sc(C)c(C)c1C(=O)OCc1nc(N)nc(Nc2ccccc2)n1. The van der Waals surface area contributed by atoms with Crippen molar-refractivity contribution in [1.82, 2.24) is 15.0 Å². The zero-order valence-corrected chi connectivity index (χ0v) is 17.0. The highest BCUT2D eigenvalue weighted by Crippen LogP contribution is 2.33. The molecule has 0 spiro atoms. The van der Waals surface area contributed by atoms with Crippen LogP contribution in [0.1, 0.15) is 33.5 Å². The lowest BCUT2D eigenvalue weighted by Crippen LogP contribution is -2.14. The molecule has 10 heteroatoms. The van der Waals surface area contributed by atoms with Crippen LogP contribution in [0.5, 0.6) is 0 Å². The van der Waals surface area contributed by atoms with Gasteiger partial charge in [-0.15, -0.1) is 11.3 Å². The van der Waals surface area contributed by atoms with Gasteiger partial charge in [-0.3, -0.25) is 4.79 Å². The van der Waals surface area contributed by atoms with E-state index in [1.54, 1.807) is 6.92 Å². The summed E-state index contributed by atoms with van der Waals surface area (Å²) in [6.07, 6.45) is 0. The molecule has 2 aromatic heterocycles. The second kappa shape index (κ2) is 8.65. The molecule has 0 unspecified atom stereocenters. The zero-order chi connectivity index (χ0) is 21.0. The molecule has 1 amide bonds. The summed E-state index contributed by atoms with van der Waals surface area (Å²) in [6.45, 7) is 4.87. The number of nitrogens with one attached hydrogen (secondary N) is 2. The van der Waals surface area contributed by atoms with Gasteiger partial charge in [0.2, 0.25) is 17.8 Å². The Morgan fingerprint density at radius 3 is 2.55 bits per heavy atom. The minimum atomic E-state index is -0.577. The molecule has 0 aliphatic heterocycles. The van der Waals surface area contributed by atoms with E-state index in [2.05, 4.69) is 25.6 Å². The lowest BCUT2D eigenvalue weighted by molar-refractivity contribution is -0.114. The van der Waals surface area contributed by atoms with Crippen LogP contribution in [0.4, 0.5) is 22.6 Å². The molecule has 3 aromatic rings. The monoisotopic (exact) mass is 412 g/mol. The van der Waals surface area contributed by atoms with Crippen LogP contribution >= 0.6 is 11.3 Å². The van der Waals surface area contributed by atoms with Gasteiger partial charge in [0, 0.05) is 17.5 Å². The highest BCUT2D eigenvalue weighted by atomic mass is 32.1. The average Bonchev–Trinajstić information content (AvgIpc) is 2.93. The highest BCUT2D eigenvalue weighted by molar-refractivity contribution is 7.16. The van der Waals surface area contributed by atoms with Crippen LogP contribution in [0, 0.1) is 13.8 Å².